The highest BCUT2D eigenvalue weighted by atomic mass is 16.3. The van der Waals surface area contributed by atoms with Crippen LogP contribution in [0.1, 0.15) is 26.2 Å². The molecular formula is C8H17N3O. The minimum atomic E-state index is -0.394. The van der Waals surface area contributed by atoms with Crippen molar-refractivity contribution in [2.24, 2.45) is 5.73 Å². The van der Waals surface area contributed by atoms with E-state index in [1.165, 1.54) is 0 Å². The van der Waals surface area contributed by atoms with E-state index in [4.69, 9.17) is 11.1 Å². The maximum atomic E-state index is 9.40. The van der Waals surface area contributed by atoms with Crippen molar-refractivity contribution in [2.45, 2.75) is 38.3 Å². The molecule has 0 aliphatic carbocycles. The molecule has 1 rings (SSSR count). The molecule has 1 saturated heterocycles. The van der Waals surface area contributed by atoms with Gasteiger partial charge in [0.2, 0.25) is 0 Å². The Hall–Kier alpha value is -0.770. The molecule has 0 radical (unpaired) electrons. The molecule has 0 amide bonds. The van der Waals surface area contributed by atoms with Crippen LogP contribution in [0.5, 0.6) is 0 Å². The van der Waals surface area contributed by atoms with Crippen LogP contribution in [0, 0.1) is 5.41 Å². The average molecular weight is 171 g/mol. The topological polar surface area (TPSA) is 73.3 Å². The Balaban J connectivity index is 2.60. The quantitative estimate of drug-likeness (QED) is 0.387. The van der Waals surface area contributed by atoms with Gasteiger partial charge >= 0.3 is 0 Å². The van der Waals surface area contributed by atoms with Crippen LogP contribution in [-0.4, -0.2) is 34.7 Å². The lowest BCUT2D eigenvalue weighted by atomic mass is 9.99. The summed E-state index contributed by atoms with van der Waals surface area (Å²) in [5.41, 5.74) is 5.39. The van der Waals surface area contributed by atoms with E-state index in [-0.39, 0.29) is 12.0 Å². The lowest BCUT2D eigenvalue weighted by molar-refractivity contribution is 0.0754. The van der Waals surface area contributed by atoms with Gasteiger partial charge in [-0.25, -0.2) is 0 Å². The highest BCUT2D eigenvalue weighted by molar-refractivity contribution is 5.75. The first-order valence-corrected chi connectivity index (χ1v) is 4.41. The summed E-state index contributed by atoms with van der Waals surface area (Å²) >= 11 is 0. The lowest BCUT2D eigenvalue weighted by Crippen LogP contribution is -2.51. The number of hydrogen-bond acceptors (Lipinski definition) is 2. The molecule has 0 aromatic rings. The summed E-state index contributed by atoms with van der Waals surface area (Å²) < 4.78 is 0. The van der Waals surface area contributed by atoms with E-state index in [1.807, 2.05) is 0 Å². The van der Waals surface area contributed by atoms with E-state index in [2.05, 4.69) is 0 Å². The van der Waals surface area contributed by atoms with Crippen LogP contribution >= 0.6 is 0 Å². The Labute approximate surface area is 72.9 Å². The first kappa shape index (κ1) is 9.32. The van der Waals surface area contributed by atoms with Gasteiger partial charge in [-0.15, -0.1) is 0 Å². The molecule has 0 spiro atoms. The van der Waals surface area contributed by atoms with Crippen LogP contribution in [0.2, 0.25) is 0 Å². The van der Waals surface area contributed by atoms with Crippen molar-refractivity contribution in [2.75, 3.05) is 6.54 Å². The van der Waals surface area contributed by atoms with Gasteiger partial charge in [0.15, 0.2) is 5.96 Å². The first-order chi connectivity index (χ1) is 5.63. The Morgan fingerprint density at radius 2 is 2.33 bits per heavy atom. The van der Waals surface area contributed by atoms with Crippen molar-refractivity contribution >= 4 is 5.96 Å². The smallest absolute Gasteiger partial charge is 0.188 e. The van der Waals surface area contributed by atoms with Crippen LogP contribution in [0.15, 0.2) is 0 Å². The van der Waals surface area contributed by atoms with E-state index in [1.54, 1.807) is 11.8 Å². The molecule has 0 aromatic carbocycles. The summed E-state index contributed by atoms with van der Waals surface area (Å²) in [6.07, 6.45) is 2.74. The van der Waals surface area contributed by atoms with Crippen molar-refractivity contribution in [1.82, 2.24) is 4.90 Å². The number of likely N-dealkylation sites (tertiary alicyclic amines) is 1. The van der Waals surface area contributed by atoms with Gasteiger partial charge in [0.25, 0.3) is 0 Å². The van der Waals surface area contributed by atoms with E-state index in [0.29, 0.717) is 0 Å². The van der Waals surface area contributed by atoms with Crippen molar-refractivity contribution in [3.8, 4) is 0 Å². The molecule has 0 unspecified atom stereocenters. The molecule has 0 aromatic heterocycles. The molecule has 2 atom stereocenters. The number of guanidine groups is 1. The highest BCUT2D eigenvalue weighted by Crippen LogP contribution is 2.18. The highest BCUT2D eigenvalue weighted by Gasteiger charge is 2.26. The Bertz CT molecular complexity index is 170. The van der Waals surface area contributed by atoms with Crippen molar-refractivity contribution < 1.29 is 5.11 Å². The number of aliphatic hydroxyl groups is 1. The Morgan fingerprint density at radius 1 is 1.67 bits per heavy atom. The van der Waals surface area contributed by atoms with Gasteiger partial charge in [-0.2, -0.15) is 0 Å². The second-order valence-corrected chi connectivity index (χ2v) is 3.38. The van der Waals surface area contributed by atoms with Gasteiger partial charge in [-0.1, -0.05) is 0 Å². The van der Waals surface area contributed by atoms with Gasteiger partial charge in [0, 0.05) is 6.54 Å². The van der Waals surface area contributed by atoms with Crippen LogP contribution in [-0.2, 0) is 0 Å². The lowest BCUT2D eigenvalue weighted by Gasteiger charge is -2.37. The fraction of sp³-hybridized carbons (Fsp3) is 0.875. The zero-order valence-electron chi connectivity index (χ0n) is 7.45. The molecular weight excluding hydrogens is 154 g/mol. The second-order valence-electron chi connectivity index (χ2n) is 3.38. The third-order valence-electron chi connectivity index (χ3n) is 2.42. The van der Waals surface area contributed by atoms with E-state index >= 15 is 0 Å². The number of rotatable bonds is 1. The van der Waals surface area contributed by atoms with Gasteiger partial charge in [0.05, 0.1) is 12.1 Å². The van der Waals surface area contributed by atoms with E-state index in [0.717, 1.165) is 25.8 Å². The Morgan fingerprint density at radius 3 is 2.75 bits per heavy atom. The largest absolute Gasteiger partial charge is 0.391 e. The predicted molar refractivity (Wildman–Crippen MR) is 47.9 cm³/mol. The summed E-state index contributed by atoms with van der Waals surface area (Å²) in [5, 5.41) is 16.7. The molecule has 1 fully saturated rings. The maximum absolute atomic E-state index is 9.40. The van der Waals surface area contributed by atoms with Gasteiger partial charge in [-0.3, -0.25) is 5.41 Å². The summed E-state index contributed by atoms with van der Waals surface area (Å²) in [6, 6.07) is 0.0521. The summed E-state index contributed by atoms with van der Waals surface area (Å²) in [6.45, 7) is 2.57. The zero-order chi connectivity index (χ0) is 9.14. The summed E-state index contributed by atoms with van der Waals surface area (Å²) in [4.78, 5) is 1.79. The zero-order valence-corrected chi connectivity index (χ0v) is 7.45. The van der Waals surface area contributed by atoms with Gasteiger partial charge in [0.1, 0.15) is 0 Å². The SMILES string of the molecule is C[C@H](O)[C@@H]1CCCCN1C(=N)N. The third-order valence-corrected chi connectivity index (χ3v) is 2.42. The number of aliphatic hydroxyl groups excluding tert-OH is 1. The van der Waals surface area contributed by atoms with Crippen molar-refractivity contribution in [1.29, 1.82) is 5.41 Å². The number of nitrogens with one attached hydrogen (secondary N) is 1. The molecule has 70 valence electrons. The van der Waals surface area contributed by atoms with Crippen LogP contribution in [0.25, 0.3) is 0 Å². The molecule has 4 N–H and O–H groups in total. The minimum Gasteiger partial charge on any atom is -0.391 e. The second kappa shape index (κ2) is 3.76. The van der Waals surface area contributed by atoms with Gasteiger partial charge in [-0.05, 0) is 26.2 Å². The van der Waals surface area contributed by atoms with Crippen molar-refractivity contribution in [3.63, 3.8) is 0 Å². The molecule has 12 heavy (non-hydrogen) atoms. The number of piperidine rings is 1. The normalized spacial score (nSPS) is 26.8. The standard InChI is InChI=1S/C8H17N3O/c1-6(12)7-4-2-3-5-11(7)8(9)10/h6-7,12H,2-5H2,1H3,(H3,9,10)/t6-,7-/m0/s1. The number of nitrogens with two attached hydrogens (primary N) is 1. The molecule has 0 saturated carbocycles. The molecule has 4 nitrogen and oxygen atoms in total. The predicted octanol–water partition coefficient (Wildman–Crippen LogP) is 0.115. The summed E-state index contributed by atoms with van der Waals surface area (Å²) in [5.74, 6) is 0.0839. The molecule has 1 heterocycles. The number of nitrogens with zero attached hydrogens (tertiary/aromatic N) is 1. The monoisotopic (exact) mass is 171 g/mol. The van der Waals surface area contributed by atoms with Gasteiger partial charge < -0.3 is 15.7 Å². The van der Waals surface area contributed by atoms with Crippen LogP contribution < -0.4 is 5.73 Å². The molecule has 0 bridgehead atoms. The molecule has 1 aliphatic heterocycles. The average Bonchev–Trinajstić information content (AvgIpc) is 2.04. The van der Waals surface area contributed by atoms with Crippen LogP contribution in [0.4, 0.5) is 0 Å². The fourth-order valence-corrected chi connectivity index (χ4v) is 1.76. The first-order valence-electron chi connectivity index (χ1n) is 4.41. The Kier molecular flexibility index (Phi) is 2.92. The molecule has 4 heteroatoms. The summed E-state index contributed by atoms with van der Waals surface area (Å²) in [7, 11) is 0. The maximum Gasteiger partial charge on any atom is 0.188 e. The van der Waals surface area contributed by atoms with Crippen LogP contribution in [0.3, 0.4) is 0 Å². The third kappa shape index (κ3) is 1.88. The minimum absolute atomic E-state index is 0.0521. The number of hydrogen-bond donors (Lipinski definition) is 3. The van der Waals surface area contributed by atoms with Crippen molar-refractivity contribution in [3.05, 3.63) is 0 Å². The van der Waals surface area contributed by atoms with E-state index < -0.39 is 6.10 Å². The van der Waals surface area contributed by atoms with E-state index in [9.17, 15) is 5.11 Å². The molecule has 1 aliphatic rings. The fourth-order valence-electron chi connectivity index (χ4n) is 1.76.